The number of halogens is 2. The van der Waals surface area contributed by atoms with Crippen LogP contribution in [0.2, 0.25) is 5.02 Å². The monoisotopic (exact) mass is 439 g/mol. The molecule has 7 heteroatoms. The first-order valence-corrected chi connectivity index (χ1v) is 9.49. The minimum Gasteiger partial charge on any atom is -0.491 e. The van der Waals surface area contributed by atoms with Gasteiger partial charge in [0.25, 0.3) is 5.91 Å². The number of hydrogen-bond acceptors (Lipinski definition) is 4. The standard InChI is InChI=1S/C19H19BrClNO4/c20-13-3-8-18(17(21)10-13)26-12-19(23)22-14-4-6-15(7-5-14)25-11-16-2-1-9-24-16/h3-8,10,16H,1-2,9,11-12H2,(H,22,23)/t16-/m1/s1. The summed E-state index contributed by atoms with van der Waals surface area (Å²) in [5, 5.41) is 3.22. The molecule has 0 bridgehead atoms. The van der Waals surface area contributed by atoms with Crippen LogP contribution >= 0.6 is 27.5 Å². The molecule has 5 nitrogen and oxygen atoms in total. The molecule has 138 valence electrons. The first-order chi connectivity index (χ1) is 12.6. The molecule has 1 atom stereocenters. The Labute approximate surface area is 165 Å². The summed E-state index contributed by atoms with van der Waals surface area (Å²) in [6, 6.07) is 12.4. The maximum atomic E-state index is 12.0. The molecule has 1 aliphatic rings. The largest absolute Gasteiger partial charge is 0.491 e. The van der Waals surface area contributed by atoms with Crippen LogP contribution in [-0.4, -0.2) is 31.8 Å². The lowest BCUT2D eigenvalue weighted by molar-refractivity contribution is -0.118. The fraction of sp³-hybridized carbons (Fsp3) is 0.316. The summed E-state index contributed by atoms with van der Waals surface area (Å²) in [6.45, 7) is 1.23. The van der Waals surface area contributed by atoms with Crippen molar-refractivity contribution in [3.05, 3.63) is 52.0 Å². The summed E-state index contributed by atoms with van der Waals surface area (Å²) in [6.07, 6.45) is 2.31. The van der Waals surface area contributed by atoms with Crippen LogP contribution in [0.25, 0.3) is 0 Å². The van der Waals surface area contributed by atoms with E-state index in [2.05, 4.69) is 21.2 Å². The minimum absolute atomic E-state index is 0.126. The number of carbonyl (C=O) groups excluding carboxylic acids is 1. The maximum absolute atomic E-state index is 12.0. The second-order valence-electron chi connectivity index (χ2n) is 5.88. The molecule has 0 radical (unpaired) electrons. The Morgan fingerprint density at radius 1 is 1.23 bits per heavy atom. The number of rotatable bonds is 7. The zero-order chi connectivity index (χ0) is 18.4. The molecule has 1 fully saturated rings. The van der Waals surface area contributed by atoms with Gasteiger partial charge in [0.1, 0.15) is 18.1 Å². The van der Waals surface area contributed by atoms with E-state index in [9.17, 15) is 4.79 Å². The highest BCUT2D eigenvalue weighted by atomic mass is 79.9. The van der Waals surface area contributed by atoms with E-state index in [4.69, 9.17) is 25.8 Å². The van der Waals surface area contributed by atoms with Gasteiger partial charge in [0, 0.05) is 16.8 Å². The van der Waals surface area contributed by atoms with E-state index < -0.39 is 0 Å². The first-order valence-electron chi connectivity index (χ1n) is 8.32. The molecule has 0 aliphatic carbocycles. The van der Waals surface area contributed by atoms with E-state index in [-0.39, 0.29) is 18.6 Å². The van der Waals surface area contributed by atoms with Gasteiger partial charge in [-0.15, -0.1) is 0 Å². The Bertz CT molecular complexity index is 748. The zero-order valence-electron chi connectivity index (χ0n) is 14.0. The van der Waals surface area contributed by atoms with E-state index >= 15 is 0 Å². The number of anilines is 1. The first kappa shape index (κ1) is 19.0. The lowest BCUT2D eigenvalue weighted by Gasteiger charge is -2.12. The Morgan fingerprint density at radius 3 is 2.73 bits per heavy atom. The van der Waals surface area contributed by atoms with Gasteiger partial charge in [-0.1, -0.05) is 27.5 Å². The average molecular weight is 441 g/mol. The quantitative estimate of drug-likeness (QED) is 0.679. The van der Waals surface area contributed by atoms with Crippen molar-refractivity contribution in [3.8, 4) is 11.5 Å². The van der Waals surface area contributed by atoms with Gasteiger partial charge >= 0.3 is 0 Å². The van der Waals surface area contributed by atoms with Crippen molar-refractivity contribution in [1.29, 1.82) is 0 Å². The van der Waals surface area contributed by atoms with E-state index in [1.807, 2.05) is 12.1 Å². The molecule has 1 aliphatic heterocycles. The van der Waals surface area contributed by atoms with Crippen LogP contribution in [0, 0.1) is 0 Å². The molecule has 2 aromatic carbocycles. The Morgan fingerprint density at radius 2 is 2.04 bits per heavy atom. The molecule has 26 heavy (non-hydrogen) atoms. The van der Waals surface area contributed by atoms with Crippen LogP contribution in [0.15, 0.2) is 46.9 Å². The number of ether oxygens (including phenoxy) is 3. The molecule has 0 aromatic heterocycles. The van der Waals surface area contributed by atoms with E-state index in [0.717, 1.165) is 29.7 Å². The summed E-state index contributed by atoms with van der Waals surface area (Å²) < 4.78 is 17.5. The highest BCUT2D eigenvalue weighted by molar-refractivity contribution is 9.10. The Balaban J connectivity index is 1.44. The molecule has 1 amide bonds. The molecule has 0 unspecified atom stereocenters. The molecule has 0 spiro atoms. The van der Waals surface area contributed by atoms with Gasteiger partial charge in [0.15, 0.2) is 6.61 Å². The van der Waals surface area contributed by atoms with Crippen LogP contribution in [-0.2, 0) is 9.53 Å². The Hall–Kier alpha value is -1.76. The molecular weight excluding hydrogens is 422 g/mol. The molecule has 1 heterocycles. The van der Waals surface area contributed by atoms with Crippen LogP contribution < -0.4 is 14.8 Å². The summed E-state index contributed by atoms with van der Waals surface area (Å²) >= 11 is 9.38. The molecule has 1 N–H and O–H groups in total. The smallest absolute Gasteiger partial charge is 0.262 e. The fourth-order valence-corrected chi connectivity index (χ4v) is 3.26. The topological polar surface area (TPSA) is 56.8 Å². The van der Waals surface area contributed by atoms with Gasteiger partial charge in [0.05, 0.1) is 11.1 Å². The SMILES string of the molecule is O=C(COc1ccc(Br)cc1Cl)Nc1ccc(OC[C@H]2CCCO2)cc1. The second kappa shape index (κ2) is 9.26. The molecule has 0 saturated carbocycles. The van der Waals surface area contributed by atoms with Crippen LogP contribution in [0.3, 0.4) is 0 Å². The van der Waals surface area contributed by atoms with Crippen LogP contribution in [0.1, 0.15) is 12.8 Å². The van der Waals surface area contributed by atoms with E-state index in [1.54, 1.807) is 30.3 Å². The maximum Gasteiger partial charge on any atom is 0.262 e. The number of benzene rings is 2. The lowest BCUT2D eigenvalue weighted by atomic mass is 10.2. The van der Waals surface area contributed by atoms with Gasteiger partial charge in [-0.3, -0.25) is 4.79 Å². The zero-order valence-corrected chi connectivity index (χ0v) is 16.4. The van der Waals surface area contributed by atoms with Gasteiger partial charge in [-0.05, 0) is 55.3 Å². The third kappa shape index (κ3) is 5.62. The molecule has 1 saturated heterocycles. The number of amides is 1. The van der Waals surface area contributed by atoms with Crippen molar-refractivity contribution in [2.45, 2.75) is 18.9 Å². The Kier molecular flexibility index (Phi) is 6.77. The number of nitrogens with one attached hydrogen (secondary N) is 1. The predicted molar refractivity (Wildman–Crippen MR) is 104 cm³/mol. The van der Waals surface area contributed by atoms with Crippen molar-refractivity contribution in [1.82, 2.24) is 0 Å². The van der Waals surface area contributed by atoms with Gasteiger partial charge in [-0.2, -0.15) is 0 Å². The minimum atomic E-state index is -0.267. The van der Waals surface area contributed by atoms with Crippen LogP contribution in [0.4, 0.5) is 5.69 Å². The van der Waals surface area contributed by atoms with Gasteiger partial charge in [0.2, 0.25) is 0 Å². The summed E-state index contributed by atoms with van der Waals surface area (Å²) in [5.74, 6) is 0.941. The van der Waals surface area contributed by atoms with Gasteiger partial charge < -0.3 is 19.5 Å². The van der Waals surface area contributed by atoms with Crippen molar-refractivity contribution < 1.29 is 19.0 Å². The second-order valence-corrected chi connectivity index (χ2v) is 7.20. The van der Waals surface area contributed by atoms with Crippen LogP contribution in [0.5, 0.6) is 11.5 Å². The summed E-state index contributed by atoms with van der Waals surface area (Å²) in [4.78, 5) is 12.0. The van der Waals surface area contributed by atoms with Crippen molar-refractivity contribution in [2.75, 3.05) is 25.1 Å². The molecular formula is C19H19BrClNO4. The third-order valence-electron chi connectivity index (χ3n) is 3.85. The van der Waals surface area contributed by atoms with Crippen molar-refractivity contribution >= 4 is 39.1 Å². The number of hydrogen-bond donors (Lipinski definition) is 1. The molecule has 3 rings (SSSR count). The van der Waals surface area contributed by atoms with Crippen molar-refractivity contribution in [2.24, 2.45) is 0 Å². The van der Waals surface area contributed by atoms with E-state index in [1.165, 1.54) is 0 Å². The summed E-state index contributed by atoms with van der Waals surface area (Å²) in [5.41, 5.74) is 0.671. The number of carbonyl (C=O) groups is 1. The van der Waals surface area contributed by atoms with Gasteiger partial charge in [-0.25, -0.2) is 0 Å². The highest BCUT2D eigenvalue weighted by Crippen LogP contribution is 2.27. The fourth-order valence-electron chi connectivity index (χ4n) is 2.53. The normalized spacial score (nSPS) is 16.3. The lowest BCUT2D eigenvalue weighted by Crippen LogP contribution is -2.20. The van der Waals surface area contributed by atoms with Crippen molar-refractivity contribution in [3.63, 3.8) is 0 Å². The third-order valence-corrected chi connectivity index (χ3v) is 4.64. The predicted octanol–water partition coefficient (Wildman–Crippen LogP) is 4.68. The average Bonchev–Trinajstić information content (AvgIpc) is 3.14. The highest BCUT2D eigenvalue weighted by Gasteiger charge is 2.16. The summed E-state index contributed by atoms with van der Waals surface area (Å²) in [7, 11) is 0. The van der Waals surface area contributed by atoms with E-state index in [0.29, 0.717) is 23.1 Å². The molecule has 2 aromatic rings.